The number of carbonyl (C=O) groups excluding carboxylic acids is 2. The lowest BCUT2D eigenvalue weighted by atomic mass is 10.1. The van der Waals surface area contributed by atoms with Crippen LogP contribution in [0.3, 0.4) is 0 Å². The third-order valence-corrected chi connectivity index (χ3v) is 3.60. The first-order chi connectivity index (χ1) is 9.52. The Morgan fingerprint density at radius 3 is 2.80 bits per heavy atom. The van der Waals surface area contributed by atoms with Gasteiger partial charge in [0, 0.05) is 25.6 Å². The topological polar surface area (TPSA) is 60.9 Å². The molecule has 0 aliphatic carbocycles. The Hall–Kier alpha value is -2.04. The van der Waals surface area contributed by atoms with Gasteiger partial charge in [-0.3, -0.25) is 9.59 Å². The zero-order valence-electron chi connectivity index (χ0n) is 11.9. The lowest BCUT2D eigenvalue weighted by Crippen LogP contribution is -2.41. The lowest BCUT2D eigenvalue weighted by Gasteiger charge is -2.25. The van der Waals surface area contributed by atoms with Crippen LogP contribution in [0.5, 0.6) is 5.75 Å². The number of phenolic OH excluding ortho intramolecular Hbond substituents is 1. The minimum absolute atomic E-state index is 0.0435. The normalized spacial score (nSPS) is 14.7. The van der Waals surface area contributed by atoms with E-state index in [-0.39, 0.29) is 24.1 Å². The van der Waals surface area contributed by atoms with E-state index in [0.717, 1.165) is 12.0 Å². The molecule has 1 heterocycles. The SMILES string of the molecule is CCN(C(=O)CN1CCCC1=O)c1cc(O)ccc1C. The van der Waals surface area contributed by atoms with Gasteiger partial charge in [-0.1, -0.05) is 6.07 Å². The number of anilines is 1. The largest absolute Gasteiger partial charge is 0.508 e. The number of hydrogen-bond donors (Lipinski definition) is 1. The Bertz CT molecular complexity index is 528. The average Bonchev–Trinajstić information content (AvgIpc) is 2.80. The van der Waals surface area contributed by atoms with Crippen LogP contribution in [0.25, 0.3) is 0 Å². The average molecular weight is 276 g/mol. The van der Waals surface area contributed by atoms with Gasteiger partial charge in [-0.15, -0.1) is 0 Å². The van der Waals surface area contributed by atoms with E-state index in [0.29, 0.717) is 25.2 Å². The summed E-state index contributed by atoms with van der Waals surface area (Å²) in [5.41, 5.74) is 1.62. The molecule has 0 spiro atoms. The molecule has 20 heavy (non-hydrogen) atoms. The van der Waals surface area contributed by atoms with Gasteiger partial charge >= 0.3 is 0 Å². The number of carbonyl (C=O) groups is 2. The second-order valence-corrected chi connectivity index (χ2v) is 5.03. The zero-order chi connectivity index (χ0) is 14.7. The van der Waals surface area contributed by atoms with Crippen molar-refractivity contribution in [3.8, 4) is 5.75 Å². The number of likely N-dealkylation sites (tertiary alicyclic amines) is 1. The second kappa shape index (κ2) is 5.94. The molecule has 5 heteroatoms. The number of likely N-dealkylation sites (N-methyl/N-ethyl adjacent to an activating group) is 1. The first-order valence-corrected chi connectivity index (χ1v) is 6.90. The summed E-state index contributed by atoms with van der Waals surface area (Å²) in [6.45, 7) is 5.05. The maximum absolute atomic E-state index is 12.4. The zero-order valence-corrected chi connectivity index (χ0v) is 11.9. The van der Waals surface area contributed by atoms with Crippen molar-refractivity contribution in [1.82, 2.24) is 4.90 Å². The maximum atomic E-state index is 12.4. The molecule has 2 rings (SSSR count). The molecular formula is C15H20N2O3. The molecule has 0 atom stereocenters. The molecule has 1 aromatic rings. The number of amides is 2. The fraction of sp³-hybridized carbons (Fsp3) is 0.467. The molecule has 1 fully saturated rings. The van der Waals surface area contributed by atoms with E-state index >= 15 is 0 Å². The molecule has 5 nitrogen and oxygen atoms in total. The van der Waals surface area contributed by atoms with Crippen molar-refractivity contribution in [2.24, 2.45) is 0 Å². The molecule has 0 radical (unpaired) electrons. The van der Waals surface area contributed by atoms with Crippen molar-refractivity contribution in [3.63, 3.8) is 0 Å². The highest BCUT2D eigenvalue weighted by Crippen LogP contribution is 2.25. The van der Waals surface area contributed by atoms with Gasteiger partial charge in [0.15, 0.2) is 0 Å². The molecule has 1 N–H and O–H groups in total. The third-order valence-electron chi connectivity index (χ3n) is 3.60. The summed E-state index contributed by atoms with van der Waals surface area (Å²) in [6.07, 6.45) is 1.36. The Labute approximate surface area is 118 Å². The maximum Gasteiger partial charge on any atom is 0.246 e. The number of benzene rings is 1. The van der Waals surface area contributed by atoms with Gasteiger partial charge in [0.1, 0.15) is 12.3 Å². The number of rotatable bonds is 4. The van der Waals surface area contributed by atoms with Crippen LogP contribution in [-0.4, -0.2) is 41.5 Å². The third kappa shape index (κ3) is 2.92. The Morgan fingerprint density at radius 2 is 2.20 bits per heavy atom. The summed E-state index contributed by atoms with van der Waals surface area (Å²) in [6, 6.07) is 4.96. The molecule has 1 aliphatic rings. The number of phenols is 1. The van der Waals surface area contributed by atoms with Crippen LogP contribution in [0.2, 0.25) is 0 Å². The van der Waals surface area contributed by atoms with Crippen LogP contribution in [0, 0.1) is 6.92 Å². The van der Waals surface area contributed by atoms with E-state index in [1.165, 1.54) is 0 Å². The van der Waals surface area contributed by atoms with Crippen LogP contribution in [0.15, 0.2) is 18.2 Å². The number of hydrogen-bond acceptors (Lipinski definition) is 3. The van der Waals surface area contributed by atoms with Crippen molar-refractivity contribution in [1.29, 1.82) is 0 Å². The molecule has 108 valence electrons. The molecule has 0 aromatic heterocycles. The van der Waals surface area contributed by atoms with E-state index in [4.69, 9.17) is 0 Å². The quantitative estimate of drug-likeness (QED) is 0.910. The molecule has 0 unspecified atom stereocenters. The molecule has 1 saturated heterocycles. The van der Waals surface area contributed by atoms with Gasteiger partial charge in [0.2, 0.25) is 11.8 Å². The van der Waals surface area contributed by atoms with Crippen molar-refractivity contribution < 1.29 is 14.7 Å². The second-order valence-electron chi connectivity index (χ2n) is 5.03. The number of aromatic hydroxyl groups is 1. The highest BCUT2D eigenvalue weighted by molar-refractivity contribution is 5.97. The monoisotopic (exact) mass is 276 g/mol. The summed E-state index contributed by atoms with van der Waals surface area (Å²) in [5, 5.41) is 9.59. The van der Waals surface area contributed by atoms with Crippen molar-refractivity contribution in [2.45, 2.75) is 26.7 Å². The van der Waals surface area contributed by atoms with Gasteiger partial charge in [0.05, 0.1) is 5.69 Å². The summed E-state index contributed by atoms with van der Waals surface area (Å²) < 4.78 is 0. The van der Waals surface area contributed by atoms with Crippen LogP contribution >= 0.6 is 0 Å². The van der Waals surface area contributed by atoms with Gasteiger partial charge < -0.3 is 14.9 Å². The van der Waals surface area contributed by atoms with E-state index in [1.807, 2.05) is 13.8 Å². The fourth-order valence-electron chi connectivity index (χ4n) is 2.49. The molecule has 2 amide bonds. The minimum Gasteiger partial charge on any atom is -0.508 e. The van der Waals surface area contributed by atoms with Crippen molar-refractivity contribution in [3.05, 3.63) is 23.8 Å². The Morgan fingerprint density at radius 1 is 1.45 bits per heavy atom. The van der Waals surface area contributed by atoms with Crippen LogP contribution in [-0.2, 0) is 9.59 Å². The minimum atomic E-state index is -0.114. The summed E-state index contributed by atoms with van der Waals surface area (Å²) in [7, 11) is 0. The molecule has 0 saturated carbocycles. The predicted octanol–water partition coefficient (Wildman–Crippen LogP) is 1.68. The van der Waals surface area contributed by atoms with Crippen molar-refractivity contribution in [2.75, 3.05) is 24.5 Å². The standard InChI is InChI=1S/C15H20N2O3/c1-3-17(13-9-12(18)7-6-11(13)2)15(20)10-16-8-4-5-14(16)19/h6-7,9,18H,3-5,8,10H2,1-2H3. The first kappa shape index (κ1) is 14.4. The van der Waals surface area contributed by atoms with Gasteiger partial charge in [-0.2, -0.15) is 0 Å². The van der Waals surface area contributed by atoms with Gasteiger partial charge in [-0.25, -0.2) is 0 Å². The predicted molar refractivity (Wildman–Crippen MR) is 76.7 cm³/mol. The number of aryl methyl sites for hydroxylation is 1. The Kier molecular flexibility index (Phi) is 4.27. The smallest absolute Gasteiger partial charge is 0.246 e. The van der Waals surface area contributed by atoms with E-state index in [1.54, 1.807) is 28.0 Å². The lowest BCUT2D eigenvalue weighted by molar-refractivity contribution is -0.132. The highest BCUT2D eigenvalue weighted by Gasteiger charge is 2.25. The molecule has 1 aliphatic heterocycles. The van der Waals surface area contributed by atoms with Crippen LogP contribution < -0.4 is 4.90 Å². The molecular weight excluding hydrogens is 256 g/mol. The molecule has 1 aromatic carbocycles. The van der Waals surface area contributed by atoms with Gasteiger partial charge in [-0.05, 0) is 31.9 Å². The first-order valence-electron chi connectivity index (χ1n) is 6.90. The molecule has 0 bridgehead atoms. The van der Waals surface area contributed by atoms with Crippen LogP contribution in [0.1, 0.15) is 25.3 Å². The summed E-state index contributed by atoms with van der Waals surface area (Å²) in [4.78, 5) is 27.2. The van der Waals surface area contributed by atoms with Crippen molar-refractivity contribution >= 4 is 17.5 Å². The fourth-order valence-corrected chi connectivity index (χ4v) is 2.49. The summed E-state index contributed by atoms with van der Waals surface area (Å²) in [5.74, 6) is 0.0626. The van der Waals surface area contributed by atoms with E-state index in [2.05, 4.69) is 0 Å². The van der Waals surface area contributed by atoms with E-state index in [9.17, 15) is 14.7 Å². The number of nitrogens with zero attached hydrogens (tertiary/aromatic N) is 2. The van der Waals surface area contributed by atoms with Gasteiger partial charge in [0.25, 0.3) is 0 Å². The Balaban J connectivity index is 2.16. The highest BCUT2D eigenvalue weighted by atomic mass is 16.3. The summed E-state index contributed by atoms with van der Waals surface area (Å²) >= 11 is 0. The van der Waals surface area contributed by atoms with Crippen LogP contribution in [0.4, 0.5) is 5.69 Å². The van der Waals surface area contributed by atoms with E-state index < -0.39 is 0 Å².